The maximum atomic E-state index is 11.6. The largest absolute Gasteiger partial charge is 0.293 e. The topological polar surface area (TPSA) is 40.9 Å². The number of hydrogen-bond donors (Lipinski definition) is 0. The predicted octanol–water partition coefficient (Wildman–Crippen LogP) is 3.21. The summed E-state index contributed by atoms with van der Waals surface area (Å²) in [7, 11) is 0. The highest BCUT2D eigenvalue weighted by molar-refractivity contribution is 5.98. The number of rotatable bonds is 3. The molecule has 0 unspecified atom stereocenters. The molecule has 0 aliphatic carbocycles. The fraction of sp³-hybridized carbons (Fsp3) is 0.385. The lowest BCUT2D eigenvalue weighted by Gasteiger charge is -2.09. The summed E-state index contributed by atoms with van der Waals surface area (Å²) < 4.78 is 0. The van der Waals surface area contributed by atoms with E-state index < -0.39 is 0 Å². The molecule has 0 radical (unpaired) electrons. The monoisotopic (exact) mass is 201 g/mol. The maximum Gasteiger partial charge on any atom is 0.177 e. The summed E-state index contributed by atoms with van der Waals surface area (Å²) in [5.41, 5.74) is 2.77. The van der Waals surface area contributed by atoms with Gasteiger partial charge in [-0.3, -0.25) is 4.79 Å². The minimum Gasteiger partial charge on any atom is -0.293 e. The molecule has 0 atom stereocenters. The molecule has 0 aromatic heterocycles. The van der Waals surface area contributed by atoms with Gasteiger partial charge in [-0.15, -0.1) is 0 Å². The predicted molar refractivity (Wildman–Crippen MR) is 59.8 cm³/mol. The summed E-state index contributed by atoms with van der Waals surface area (Å²) in [6.07, 6.45) is -0.0393. The van der Waals surface area contributed by atoms with Crippen LogP contribution >= 0.6 is 0 Å². The number of hydrogen-bond acceptors (Lipinski definition) is 2. The van der Waals surface area contributed by atoms with Crippen molar-refractivity contribution in [2.45, 2.75) is 33.1 Å². The zero-order valence-electron chi connectivity index (χ0n) is 9.37. The van der Waals surface area contributed by atoms with Crippen LogP contribution in [0.5, 0.6) is 0 Å². The Morgan fingerprint density at radius 2 is 2.13 bits per heavy atom. The van der Waals surface area contributed by atoms with E-state index in [1.165, 1.54) is 0 Å². The molecular weight excluding hydrogens is 186 g/mol. The molecule has 0 saturated heterocycles. The molecule has 1 aromatic carbocycles. The molecule has 0 saturated carbocycles. The molecule has 0 N–H and O–H groups in total. The molecule has 0 bridgehead atoms. The molecule has 15 heavy (non-hydrogen) atoms. The average Bonchev–Trinajstić information content (AvgIpc) is 2.18. The molecule has 78 valence electrons. The lowest BCUT2D eigenvalue weighted by Crippen LogP contribution is -2.02. The highest BCUT2D eigenvalue weighted by Crippen LogP contribution is 2.19. The third-order valence-electron chi connectivity index (χ3n) is 2.47. The van der Waals surface area contributed by atoms with Gasteiger partial charge in [-0.1, -0.05) is 26.0 Å². The second-order valence-electron chi connectivity index (χ2n) is 3.99. The Labute approximate surface area is 90.5 Å². The Kier molecular flexibility index (Phi) is 3.62. The van der Waals surface area contributed by atoms with Gasteiger partial charge in [0.2, 0.25) is 0 Å². The summed E-state index contributed by atoms with van der Waals surface area (Å²) in [5, 5.41) is 8.50. The van der Waals surface area contributed by atoms with Crippen LogP contribution in [0.15, 0.2) is 18.2 Å². The number of benzene rings is 1. The third kappa shape index (κ3) is 2.66. The summed E-state index contributed by atoms with van der Waals surface area (Å²) in [6.45, 7) is 6.07. The first kappa shape index (κ1) is 11.5. The van der Waals surface area contributed by atoms with Crippen LogP contribution in [-0.2, 0) is 0 Å². The molecule has 0 fully saturated rings. The first-order valence-corrected chi connectivity index (χ1v) is 5.07. The number of nitrogens with zero attached hydrogens (tertiary/aromatic N) is 1. The zero-order valence-corrected chi connectivity index (χ0v) is 9.37. The van der Waals surface area contributed by atoms with Crippen LogP contribution < -0.4 is 0 Å². The molecule has 0 spiro atoms. The standard InChI is InChI=1S/C13H15NO/c1-9(2)11-5-4-10(3)12(8-11)13(15)6-7-14/h4-5,8-9H,6H2,1-3H3. The van der Waals surface area contributed by atoms with Crippen LogP contribution in [0.2, 0.25) is 0 Å². The summed E-state index contributed by atoms with van der Waals surface area (Å²) in [5.74, 6) is 0.316. The summed E-state index contributed by atoms with van der Waals surface area (Å²) in [6, 6.07) is 7.77. The van der Waals surface area contributed by atoms with Crippen LogP contribution in [0.4, 0.5) is 0 Å². The van der Waals surface area contributed by atoms with Crippen molar-refractivity contribution in [2.24, 2.45) is 0 Å². The smallest absolute Gasteiger partial charge is 0.177 e. The van der Waals surface area contributed by atoms with Gasteiger partial charge in [0.1, 0.15) is 0 Å². The minimum atomic E-state index is -0.0856. The van der Waals surface area contributed by atoms with Gasteiger partial charge in [-0.25, -0.2) is 0 Å². The van der Waals surface area contributed by atoms with Crippen molar-refractivity contribution in [1.82, 2.24) is 0 Å². The Morgan fingerprint density at radius 3 is 2.67 bits per heavy atom. The number of Topliss-reactive ketones (excluding diaryl/α,β-unsaturated/α-hetero) is 1. The quantitative estimate of drug-likeness (QED) is 0.704. The van der Waals surface area contributed by atoms with Crippen molar-refractivity contribution in [2.75, 3.05) is 0 Å². The van der Waals surface area contributed by atoms with E-state index in [1.54, 1.807) is 0 Å². The molecule has 0 amide bonds. The van der Waals surface area contributed by atoms with Crippen molar-refractivity contribution in [3.05, 3.63) is 34.9 Å². The second kappa shape index (κ2) is 4.75. The van der Waals surface area contributed by atoms with Gasteiger partial charge >= 0.3 is 0 Å². The van der Waals surface area contributed by atoms with E-state index in [2.05, 4.69) is 13.8 Å². The number of ketones is 1. The molecule has 1 rings (SSSR count). The molecule has 1 aromatic rings. The van der Waals surface area contributed by atoms with Crippen molar-refractivity contribution in [3.8, 4) is 6.07 Å². The fourth-order valence-corrected chi connectivity index (χ4v) is 1.47. The average molecular weight is 201 g/mol. The van der Waals surface area contributed by atoms with E-state index in [-0.39, 0.29) is 12.2 Å². The van der Waals surface area contributed by atoms with Gasteiger partial charge in [-0.2, -0.15) is 5.26 Å². The van der Waals surface area contributed by atoms with Crippen molar-refractivity contribution in [1.29, 1.82) is 5.26 Å². The molecule has 2 heteroatoms. The minimum absolute atomic E-state index is 0.0393. The van der Waals surface area contributed by atoms with Crippen LogP contribution in [0, 0.1) is 18.3 Å². The molecule has 0 heterocycles. The zero-order chi connectivity index (χ0) is 11.4. The van der Waals surface area contributed by atoms with E-state index in [0.29, 0.717) is 11.5 Å². The van der Waals surface area contributed by atoms with Gasteiger partial charge < -0.3 is 0 Å². The number of carbonyl (C=O) groups excluding carboxylic acids is 1. The fourth-order valence-electron chi connectivity index (χ4n) is 1.47. The second-order valence-corrected chi connectivity index (χ2v) is 3.99. The molecule has 0 aliphatic heterocycles. The van der Waals surface area contributed by atoms with E-state index in [4.69, 9.17) is 5.26 Å². The van der Waals surface area contributed by atoms with Crippen molar-refractivity contribution >= 4 is 5.78 Å². The van der Waals surface area contributed by atoms with Crippen LogP contribution in [0.25, 0.3) is 0 Å². The number of carbonyl (C=O) groups is 1. The SMILES string of the molecule is Cc1ccc(C(C)C)cc1C(=O)CC#N. The highest BCUT2D eigenvalue weighted by atomic mass is 16.1. The number of aryl methyl sites for hydroxylation is 1. The van der Waals surface area contributed by atoms with E-state index in [1.807, 2.05) is 31.2 Å². The van der Waals surface area contributed by atoms with Gasteiger partial charge in [0.05, 0.1) is 12.5 Å². The van der Waals surface area contributed by atoms with E-state index >= 15 is 0 Å². The van der Waals surface area contributed by atoms with Crippen LogP contribution in [0.3, 0.4) is 0 Å². The third-order valence-corrected chi connectivity index (χ3v) is 2.47. The molecule has 0 aliphatic rings. The van der Waals surface area contributed by atoms with Crippen molar-refractivity contribution in [3.63, 3.8) is 0 Å². The molecular formula is C13H15NO. The van der Waals surface area contributed by atoms with Gasteiger partial charge in [0.25, 0.3) is 0 Å². The van der Waals surface area contributed by atoms with E-state index in [0.717, 1.165) is 11.1 Å². The Morgan fingerprint density at radius 1 is 1.47 bits per heavy atom. The summed E-state index contributed by atoms with van der Waals surface area (Å²) >= 11 is 0. The first-order chi connectivity index (χ1) is 7.06. The molecule has 2 nitrogen and oxygen atoms in total. The van der Waals surface area contributed by atoms with Gasteiger partial charge in [0, 0.05) is 5.56 Å². The Hall–Kier alpha value is -1.62. The van der Waals surface area contributed by atoms with Crippen LogP contribution in [-0.4, -0.2) is 5.78 Å². The Balaban J connectivity index is 3.12. The first-order valence-electron chi connectivity index (χ1n) is 5.07. The number of nitriles is 1. The lowest BCUT2D eigenvalue weighted by molar-refractivity contribution is 0.0997. The van der Waals surface area contributed by atoms with E-state index in [9.17, 15) is 4.79 Å². The van der Waals surface area contributed by atoms with Crippen molar-refractivity contribution < 1.29 is 4.79 Å². The summed E-state index contributed by atoms with van der Waals surface area (Å²) in [4.78, 5) is 11.6. The van der Waals surface area contributed by atoms with Crippen LogP contribution in [0.1, 0.15) is 47.7 Å². The Bertz CT molecular complexity index is 413. The van der Waals surface area contributed by atoms with Gasteiger partial charge in [-0.05, 0) is 30.0 Å². The lowest BCUT2D eigenvalue weighted by atomic mass is 9.95. The maximum absolute atomic E-state index is 11.6. The van der Waals surface area contributed by atoms with Gasteiger partial charge in [0.15, 0.2) is 5.78 Å². The highest BCUT2D eigenvalue weighted by Gasteiger charge is 2.10. The normalized spacial score (nSPS) is 10.1.